The van der Waals surface area contributed by atoms with E-state index < -0.39 is 35.2 Å². The number of aliphatic hydroxyl groups is 1. The van der Waals surface area contributed by atoms with E-state index in [1.54, 1.807) is 0 Å². The van der Waals surface area contributed by atoms with Gasteiger partial charge in [-0.05, 0) is 70.1 Å². The van der Waals surface area contributed by atoms with E-state index >= 15 is 0 Å². The van der Waals surface area contributed by atoms with Gasteiger partial charge in [0.1, 0.15) is 11.7 Å². The van der Waals surface area contributed by atoms with Gasteiger partial charge in [-0.15, -0.1) is 0 Å². The van der Waals surface area contributed by atoms with Gasteiger partial charge in [-0.3, -0.25) is 0 Å². The molecule has 4 fully saturated rings. The Hall–Kier alpha value is -1.24. The number of carbonyl (C=O) groups is 2. The van der Waals surface area contributed by atoms with Gasteiger partial charge in [-0.25, -0.2) is 9.59 Å². The molecule has 0 aliphatic heterocycles. The van der Waals surface area contributed by atoms with Crippen LogP contribution >= 0.6 is 0 Å². The van der Waals surface area contributed by atoms with Crippen LogP contribution in [-0.4, -0.2) is 40.3 Å². The average molecular weight is 360 g/mol. The van der Waals surface area contributed by atoms with Gasteiger partial charge in [-0.2, -0.15) is 8.78 Å². The Kier molecular flexibility index (Phi) is 4.37. The molecule has 0 radical (unpaired) electrons. The molecule has 2 atom stereocenters. The number of alkyl halides is 2. The zero-order valence-corrected chi connectivity index (χ0v) is 14.9. The van der Waals surface area contributed by atoms with Gasteiger partial charge in [0.2, 0.25) is 0 Å². The fraction of sp³-hybridized carbons (Fsp3) is 0.889. The zero-order chi connectivity index (χ0) is 18.6. The lowest BCUT2D eigenvalue weighted by atomic mass is 9.54. The van der Waals surface area contributed by atoms with E-state index in [1.165, 1.54) is 26.2 Å². The lowest BCUT2D eigenvalue weighted by Crippen LogP contribution is -2.57. The molecule has 0 aromatic carbocycles. The molecule has 4 aliphatic carbocycles. The quantitative estimate of drug-likeness (QED) is 0.763. The van der Waals surface area contributed by atoms with Gasteiger partial charge >= 0.3 is 17.9 Å². The average Bonchev–Trinajstić information content (AvgIpc) is 2.43. The lowest BCUT2D eigenvalue weighted by molar-refractivity contribution is -0.216. The molecule has 2 unspecified atom stereocenters. The molecule has 0 heterocycles. The highest BCUT2D eigenvalue weighted by Crippen LogP contribution is 2.57. The van der Waals surface area contributed by atoms with E-state index in [4.69, 9.17) is 4.74 Å². The maximum absolute atomic E-state index is 13.0. The molecule has 0 amide bonds. The first kappa shape index (κ1) is 18.5. The molecule has 5 nitrogen and oxygen atoms in total. The fourth-order valence-electron chi connectivity index (χ4n) is 5.00. The summed E-state index contributed by atoms with van der Waals surface area (Å²) in [5.41, 5.74) is -2.74. The van der Waals surface area contributed by atoms with Crippen molar-refractivity contribution in [2.24, 2.45) is 17.8 Å². The highest BCUT2D eigenvalue weighted by molar-refractivity contribution is 5.82. The third kappa shape index (κ3) is 3.52. The molecule has 1 N–H and O–H groups in total. The van der Waals surface area contributed by atoms with E-state index in [-0.39, 0.29) is 0 Å². The highest BCUT2D eigenvalue weighted by Gasteiger charge is 2.55. The van der Waals surface area contributed by atoms with Gasteiger partial charge in [0.15, 0.2) is 5.60 Å². The molecule has 0 spiro atoms. The van der Waals surface area contributed by atoms with E-state index in [0.717, 1.165) is 26.2 Å². The lowest BCUT2D eigenvalue weighted by Gasteiger charge is -2.56. The van der Waals surface area contributed by atoms with Crippen LogP contribution in [0.5, 0.6) is 0 Å². The van der Waals surface area contributed by atoms with E-state index in [0.29, 0.717) is 24.7 Å². The SMILES string of the molecule is CC(OC(=O)C(C)(F)F)C(C)(O)C(=O)OC12CC3CC(CC(C3)C1)C2. The number of ether oxygens (including phenoxy) is 2. The molecular weight excluding hydrogens is 334 g/mol. The van der Waals surface area contributed by atoms with Crippen molar-refractivity contribution >= 4 is 11.9 Å². The number of hydrogen-bond donors (Lipinski definition) is 1. The summed E-state index contributed by atoms with van der Waals surface area (Å²) in [6, 6.07) is 0. The number of rotatable bonds is 5. The molecule has 4 rings (SSSR count). The van der Waals surface area contributed by atoms with Crippen molar-refractivity contribution in [3.63, 3.8) is 0 Å². The summed E-state index contributed by atoms with van der Waals surface area (Å²) in [4.78, 5) is 23.9. The van der Waals surface area contributed by atoms with Crippen LogP contribution in [0.2, 0.25) is 0 Å². The minimum absolute atomic E-state index is 0.407. The molecular formula is C18H26F2O5. The second kappa shape index (κ2) is 5.89. The monoisotopic (exact) mass is 360 g/mol. The van der Waals surface area contributed by atoms with Crippen LogP contribution in [0.4, 0.5) is 8.78 Å². The van der Waals surface area contributed by atoms with E-state index in [2.05, 4.69) is 4.74 Å². The summed E-state index contributed by atoms with van der Waals surface area (Å²) in [6.07, 6.45) is 4.46. The van der Waals surface area contributed by atoms with Crippen LogP contribution in [-0.2, 0) is 19.1 Å². The molecule has 4 bridgehead atoms. The molecule has 4 aliphatic rings. The van der Waals surface area contributed by atoms with Crippen molar-refractivity contribution in [3.05, 3.63) is 0 Å². The predicted octanol–water partition coefficient (Wildman–Crippen LogP) is 2.84. The molecule has 142 valence electrons. The third-order valence-corrected chi connectivity index (χ3v) is 6.14. The van der Waals surface area contributed by atoms with Crippen molar-refractivity contribution in [1.82, 2.24) is 0 Å². The van der Waals surface area contributed by atoms with Crippen LogP contribution in [0.25, 0.3) is 0 Å². The Balaban J connectivity index is 1.66. The van der Waals surface area contributed by atoms with Crippen molar-refractivity contribution in [2.75, 3.05) is 0 Å². The number of hydrogen-bond acceptors (Lipinski definition) is 5. The van der Waals surface area contributed by atoms with Gasteiger partial charge < -0.3 is 14.6 Å². The minimum Gasteiger partial charge on any atom is -0.457 e. The Bertz CT molecular complexity index is 531. The van der Waals surface area contributed by atoms with Crippen molar-refractivity contribution in [2.45, 2.75) is 82.5 Å². The third-order valence-electron chi connectivity index (χ3n) is 6.14. The Morgan fingerprint density at radius 2 is 1.48 bits per heavy atom. The smallest absolute Gasteiger partial charge is 0.377 e. The fourth-order valence-corrected chi connectivity index (χ4v) is 5.00. The summed E-state index contributed by atoms with van der Waals surface area (Å²) < 4.78 is 36.3. The maximum Gasteiger partial charge on any atom is 0.377 e. The Morgan fingerprint density at radius 3 is 1.88 bits per heavy atom. The largest absolute Gasteiger partial charge is 0.457 e. The summed E-state index contributed by atoms with van der Waals surface area (Å²) >= 11 is 0. The number of carbonyl (C=O) groups excluding carboxylic acids is 2. The minimum atomic E-state index is -3.69. The maximum atomic E-state index is 13.0. The van der Waals surface area contributed by atoms with Crippen molar-refractivity contribution < 1.29 is 33.0 Å². The topological polar surface area (TPSA) is 72.8 Å². The second-order valence-corrected chi connectivity index (χ2v) is 8.57. The van der Waals surface area contributed by atoms with E-state index in [1.807, 2.05) is 0 Å². The van der Waals surface area contributed by atoms with Gasteiger partial charge in [0.25, 0.3) is 0 Å². The Morgan fingerprint density at radius 1 is 1.04 bits per heavy atom. The molecule has 4 saturated carbocycles. The van der Waals surface area contributed by atoms with Crippen LogP contribution in [0.15, 0.2) is 0 Å². The van der Waals surface area contributed by atoms with Crippen LogP contribution in [0, 0.1) is 17.8 Å². The van der Waals surface area contributed by atoms with Gasteiger partial charge in [-0.1, -0.05) is 0 Å². The normalized spacial score (nSPS) is 37.3. The second-order valence-electron chi connectivity index (χ2n) is 8.57. The van der Waals surface area contributed by atoms with Gasteiger partial charge in [0, 0.05) is 6.92 Å². The molecule has 25 heavy (non-hydrogen) atoms. The summed E-state index contributed by atoms with van der Waals surface area (Å²) in [5, 5.41) is 10.5. The Labute approximate surface area is 146 Å². The van der Waals surface area contributed by atoms with Gasteiger partial charge in [0.05, 0.1) is 0 Å². The first-order valence-corrected chi connectivity index (χ1v) is 8.96. The first-order chi connectivity index (χ1) is 11.4. The standard InChI is InChI=1S/C18H26F2O5/c1-10(24-15(22)17(3,19)20)16(2,23)14(21)25-18-7-11-4-12(8-18)6-13(5-11)9-18/h10-13,23H,4-9H2,1-3H3. The van der Waals surface area contributed by atoms with Crippen molar-refractivity contribution in [1.29, 1.82) is 0 Å². The molecule has 0 saturated heterocycles. The van der Waals surface area contributed by atoms with E-state index in [9.17, 15) is 23.5 Å². The summed E-state index contributed by atoms with van der Waals surface area (Å²) in [6.45, 7) is 2.76. The summed E-state index contributed by atoms with van der Waals surface area (Å²) in [7, 11) is 0. The molecule has 0 aromatic rings. The molecule has 0 aromatic heterocycles. The number of halogens is 2. The van der Waals surface area contributed by atoms with Crippen LogP contribution in [0.3, 0.4) is 0 Å². The zero-order valence-electron chi connectivity index (χ0n) is 14.9. The predicted molar refractivity (Wildman–Crippen MR) is 83.8 cm³/mol. The molecule has 7 heteroatoms. The van der Waals surface area contributed by atoms with Crippen LogP contribution in [0.1, 0.15) is 59.3 Å². The van der Waals surface area contributed by atoms with Crippen molar-refractivity contribution in [3.8, 4) is 0 Å². The number of esters is 2. The highest BCUT2D eigenvalue weighted by atomic mass is 19.3. The van der Waals surface area contributed by atoms with Crippen LogP contribution < -0.4 is 0 Å². The first-order valence-electron chi connectivity index (χ1n) is 8.96. The summed E-state index contributed by atoms with van der Waals surface area (Å²) in [5.74, 6) is -4.71.